The van der Waals surface area contributed by atoms with Crippen molar-refractivity contribution in [2.45, 2.75) is 64.1 Å². The van der Waals surface area contributed by atoms with Crippen molar-refractivity contribution in [3.05, 3.63) is 11.6 Å². The Morgan fingerprint density at radius 1 is 1.32 bits per heavy atom. The fraction of sp³-hybridized carbons (Fsp3) is 0.800. The lowest BCUT2D eigenvalue weighted by atomic mass is 9.97. The van der Waals surface area contributed by atoms with Crippen LogP contribution >= 0.6 is 0 Å². The van der Waals surface area contributed by atoms with Crippen LogP contribution in [0.2, 0.25) is 0 Å². The first-order valence-electron chi connectivity index (χ1n) is 7.09. The molecular formula is C15H25NO3. The summed E-state index contributed by atoms with van der Waals surface area (Å²) in [5.41, 5.74) is 1.01. The molecule has 1 unspecified atom stereocenters. The lowest BCUT2D eigenvalue weighted by Gasteiger charge is -2.37. The Balaban J connectivity index is 2.01. The average Bonchev–Trinajstić information content (AvgIpc) is 2.56. The number of nitrogens with zero attached hydrogens (tertiary/aromatic N) is 1. The first-order valence-corrected chi connectivity index (χ1v) is 7.09. The zero-order valence-electron chi connectivity index (χ0n) is 12.4. The summed E-state index contributed by atoms with van der Waals surface area (Å²) in [4.78, 5) is 14.2. The van der Waals surface area contributed by atoms with Crippen LogP contribution in [-0.4, -0.2) is 42.4 Å². The van der Waals surface area contributed by atoms with Crippen molar-refractivity contribution in [2.75, 3.05) is 13.7 Å². The predicted octanol–water partition coefficient (Wildman–Crippen LogP) is 3.12. The van der Waals surface area contributed by atoms with E-state index in [1.807, 2.05) is 25.7 Å². The number of carbonyl (C=O) groups excluding carboxylic acids is 1. The van der Waals surface area contributed by atoms with Gasteiger partial charge in [-0.15, -0.1) is 0 Å². The van der Waals surface area contributed by atoms with E-state index in [1.54, 1.807) is 7.11 Å². The van der Waals surface area contributed by atoms with Crippen molar-refractivity contribution in [3.63, 3.8) is 0 Å². The van der Waals surface area contributed by atoms with Crippen LogP contribution < -0.4 is 0 Å². The number of fused-ring (bicyclic) bond motifs is 2. The van der Waals surface area contributed by atoms with Gasteiger partial charge in [0, 0.05) is 19.2 Å². The van der Waals surface area contributed by atoms with Gasteiger partial charge in [0.15, 0.2) is 0 Å². The van der Waals surface area contributed by atoms with Crippen molar-refractivity contribution < 1.29 is 14.3 Å². The molecule has 2 heterocycles. The van der Waals surface area contributed by atoms with Gasteiger partial charge in [-0.2, -0.15) is 0 Å². The number of rotatable bonds is 2. The molecule has 0 radical (unpaired) electrons. The molecule has 0 N–H and O–H groups in total. The summed E-state index contributed by atoms with van der Waals surface area (Å²) in [7, 11) is 1.71. The minimum atomic E-state index is -0.414. The number of carbonyl (C=O) groups is 1. The molecule has 108 valence electrons. The van der Waals surface area contributed by atoms with Crippen LogP contribution in [0.4, 0.5) is 4.79 Å². The second-order valence-corrected chi connectivity index (χ2v) is 6.50. The summed E-state index contributed by atoms with van der Waals surface area (Å²) < 4.78 is 10.6. The summed E-state index contributed by atoms with van der Waals surface area (Å²) in [6, 6.07) is 0.633. The standard InChI is InChI=1S/C15H25NO3/c1-15(2,3)19-14(17)16-12-5-6-13(16)10-11(9-12)7-8-18-4/h7,12-13H,5-6,8-10H2,1-4H3/t12-,13?/m0/s1. The van der Waals surface area contributed by atoms with Gasteiger partial charge in [-0.05, 0) is 46.5 Å². The van der Waals surface area contributed by atoms with Gasteiger partial charge in [0.2, 0.25) is 0 Å². The van der Waals surface area contributed by atoms with E-state index in [9.17, 15) is 4.79 Å². The molecule has 2 aliphatic heterocycles. The van der Waals surface area contributed by atoms with Gasteiger partial charge in [0.1, 0.15) is 5.60 Å². The molecule has 2 bridgehead atoms. The molecular weight excluding hydrogens is 242 g/mol. The fourth-order valence-corrected chi connectivity index (χ4v) is 3.03. The number of methoxy groups -OCH3 is 1. The third-order valence-corrected chi connectivity index (χ3v) is 3.76. The minimum Gasteiger partial charge on any atom is -0.444 e. The van der Waals surface area contributed by atoms with E-state index >= 15 is 0 Å². The molecule has 2 aliphatic rings. The molecule has 0 spiro atoms. The van der Waals surface area contributed by atoms with Gasteiger partial charge >= 0.3 is 6.09 Å². The van der Waals surface area contributed by atoms with Gasteiger partial charge in [0.25, 0.3) is 0 Å². The highest BCUT2D eigenvalue weighted by Gasteiger charge is 2.42. The van der Waals surface area contributed by atoms with Crippen LogP contribution in [0.25, 0.3) is 0 Å². The molecule has 2 rings (SSSR count). The van der Waals surface area contributed by atoms with Gasteiger partial charge in [-0.1, -0.05) is 11.6 Å². The predicted molar refractivity (Wildman–Crippen MR) is 74.1 cm³/mol. The molecule has 4 nitrogen and oxygen atoms in total. The normalized spacial score (nSPS) is 28.8. The van der Waals surface area contributed by atoms with E-state index in [-0.39, 0.29) is 6.09 Å². The van der Waals surface area contributed by atoms with E-state index in [4.69, 9.17) is 9.47 Å². The van der Waals surface area contributed by atoms with Gasteiger partial charge in [-0.25, -0.2) is 4.79 Å². The SMILES string of the molecule is COCC=C1CC2CC[C@@H](C1)N2C(=O)OC(C)(C)C. The zero-order chi connectivity index (χ0) is 14.0. The van der Waals surface area contributed by atoms with Crippen molar-refractivity contribution >= 4 is 6.09 Å². The molecule has 2 saturated heterocycles. The van der Waals surface area contributed by atoms with E-state index < -0.39 is 5.60 Å². The van der Waals surface area contributed by atoms with Crippen molar-refractivity contribution in [2.24, 2.45) is 0 Å². The maximum absolute atomic E-state index is 12.3. The lowest BCUT2D eigenvalue weighted by molar-refractivity contribution is 0.0114. The molecule has 2 atom stereocenters. The van der Waals surface area contributed by atoms with Gasteiger partial charge < -0.3 is 14.4 Å². The van der Waals surface area contributed by atoms with E-state index in [2.05, 4.69) is 6.08 Å². The molecule has 0 aromatic heterocycles. The molecule has 0 aromatic carbocycles. The Morgan fingerprint density at radius 2 is 1.89 bits per heavy atom. The fourth-order valence-electron chi connectivity index (χ4n) is 3.03. The average molecular weight is 267 g/mol. The molecule has 2 fully saturated rings. The number of hydrogen-bond donors (Lipinski definition) is 0. The summed E-state index contributed by atoms with van der Waals surface area (Å²) in [6.45, 7) is 6.42. The quantitative estimate of drug-likeness (QED) is 0.722. The molecule has 4 heteroatoms. The number of amides is 1. The van der Waals surface area contributed by atoms with Crippen molar-refractivity contribution in [1.82, 2.24) is 4.90 Å². The number of ether oxygens (including phenoxy) is 2. The summed E-state index contributed by atoms with van der Waals surface area (Å²) in [5, 5.41) is 0. The third kappa shape index (κ3) is 3.50. The lowest BCUT2D eigenvalue weighted by Crippen LogP contribution is -2.47. The monoisotopic (exact) mass is 267 g/mol. The van der Waals surface area contributed by atoms with E-state index in [1.165, 1.54) is 5.57 Å². The number of hydrogen-bond acceptors (Lipinski definition) is 3. The Bertz CT molecular complexity index is 354. The Labute approximate surface area is 115 Å². The van der Waals surface area contributed by atoms with Crippen LogP contribution in [0, 0.1) is 0 Å². The summed E-state index contributed by atoms with van der Waals surface area (Å²) in [6.07, 6.45) is 6.14. The highest BCUT2D eigenvalue weighted by atomic mass is 16.6. The largest absolute Gasteiger partial charge is 0.444 e. The molecule has 19 heavy (non-hydrogen) atoms. The third-order valence-electron chi connectivity index (χ3n) is 3.76. The first-order chi connectivity index (χ1) is 8.90. The van der Waals surface area contributed by atoms with Crippen LogP contribution in [-0.2, 0) is 9.47 Å². The Hall–Kier alpha value is -1.03. The molecule has 0 aliphatic carbocycles. The van der Waals surface area contributed by atoms with Crippen LogP contribution in [0.5, 0.6) is 0 Å². The topological polar surface area (TPSA) is 38.8 Å². The smallest absolute Gasteiger partial charge is 0.410 e. The van der Waals surface area contributed by atoms with Crippen LogP contribution in [0.15, 0.2) is 11.6 Å². The van der Waals surface area contributed by atoms with Gasteiger partial charge in [0.05, 0.1) is 6.61 Å². The number of piperidine rings is 1. The Morgan fingerprint density at radius 3 is 2.37 bits per heavy atom. The second-order valence-electron chi connectivity index (χ2n) is 6.50. The first kappa shape index (κ1) is 14.4. The minimum absolute atomic E-state index is 0.147. The zero-order valence-corrected chi connectivity index (χ0v) is 12.4. The van der Waals surface area contributed by atoms with Crippen molar-refractivity contribution in [1.29, 1.82) is 0 Å². The Kier molecular flexibility index (Phi) is 4.19. The van der Waals surface area contributed by atoms with Crippen molar-refractivity contribution in [3.8, 4) is 0 Å². The van der Waals surface area contributed by atoms with Crippen LogP contribution in [0.3, 0.4) is 0 Å². The highest BCUT2D eigenvalue weighted by molar-refractivity contribution is 5.70. The molecule has 1 amide bonds. The molecule has 0 aromatic rings. The van der Waals surface area contributed by atoms with Crippen LogP contribution in [0.1, 0.15) is 46.5 Å². The molecule has 0 saturated carbocycles. The summed E-state index contributed by atoms with van der Waals surface area (Å²) in [5.74, 6) is 0. The second kappa shape index (κ2) is 5.53. The maximum Gasteiger partial charge on any atom is 0.410 e. The van der Waals surface area contributed by atoms with E-state index in [0.29, 0.717) is 18.7 Å². The van der Waals surface area contributed by atoms with Gasteiger partial charge in [-0.3, -0.25) is 0 Å². The van der Waals surface area contributed by atoms with E-state index in [0.717, 1.165) is 25.7 Å². The highest BCUT2D eigenvalue weighted by Crippen LogP contribution is 2.39. The maximum atomic E-state index is 12.3. The summed E-state index contributed by atoms with van der Waals surface area (Å²) >= 11 is 0.